The number of nitrogens with zero attached hydrogens (tertiary/aromatic N) is 2. The van der Waals surface area contributed by atoms with Crippen molar-refractivity contribution in [3.05, 3.63) is 0 Å². The number of carbonyl (C=O) groups excluding carboxylic acids is 2. The highest BCUT2D eigenvalue weighted by molar-refractivity contribution is 5.89. The van der Waals surface area contributed by atoms with Crippen LogP contribution in [0.5, 0.6) is 0 Å². The van der Waals surface area contributed by atoms with Gasteiger partial charge in [-0.1, -0.05) is 6.92 Å². The maximum Gasteiger partial charge on any atom is 0.245 e. The second kappa shape index (κ2) is 5.69. The molecule has 2 saturated heterocycles. The zero-order valence-electron chi connectivity index (χ0n) is 11.3. The van der Waals surface area contributed by atoms with Crippen molar-refractivity contribution in [3.63, 3.8) is 0 Å². The number of amides is 2. The quantitative estimate of drug-likeness (QED) is 0.774. The lowest BCUT2D eigenvalue weighted by Crippen LogP contribution is -2.45. The van der Waals surface area contributed by atoms with E-state index in [1.54, 1.807) is 0 Å². The Morgan fingerprint density at radius 1 is 1.33 bits per heavy atom. The van der Waals surface area contributed by atoms with E-state index in [9.17, 15) is 9.59 Å². The van der Waals surface area contributed by atoms with Gasteiger partial charge in [0.15, 0.2) is 0 Å². The van der Waals surface area contributed by atoms with E-state index in [0.29, 0.717) is 25.3 Å². The molecule has 2 unspecified atom stereocenters. The molecule has 0 spiro atoms. The van der Waals surface area contributed by atoms with Crippen LogP contribution < -0.4 is 5.32 Å². The standard InChI is InChI=1S/C13H23N3O2/c1-3-11-13(18)16(7-5-12(17)14-11)9-10-4-6-15(2)8-10/h10-11H,3-9H2,1-2H3,(H,14,17). The molecule has 2 heterocycles. The van der Waals surface area contributed by atoms with Crippen LogP contribution in [0.4, 0.5) is 0 Å². The molecule has 0 aromatic rings. The van der Waals surface area contributed by atoms with Crippen molar-refractivity contribution in [1.29, 1.82) is 0 Å². The van der Waals surface area contributed by atoms with Crippen molar-refractivity contribution < 1.29 is 9.59 Å². The van der Waals surface area contributed by atoms with Gasteiger partial charge in [0.25, 0.3) is 0 Å². The summed E-state index contributed by atoms with van der Waals surface area (Å²) in [7, 11) is 2.12. The minimum atomic E-state index is -0.320. The Hall–Kier alpha value is -1.10. The molecular weight excluding hydrogens is 230 g/mol. The molecule has 5 heteroatoms. The Balaban J connectivity index is 1.97. The fourth-order valence-electron chi connectivity index (χ4n) is 2.84. The average Bonchev–Trinajstić information content (AvgIpc) is 2.70. The van der Waals surface area contributed by atoms with Gasteiger partial charge in [0.1, 0.15) is 6.04 Å². The number of carbonyl (C=O) groups is 2. The molecule has 0 aromatic heterocycles. The molecule has 2 aliphatic rings. The Labute approximate surface area is 108 Å². The number of rotatable bonds is 3. The van der Waals surface area contributed by atoms with E-state index in [-0.39, 0.29) is 17.9 Å². The number of hydrogen-bond donors (Lipinski definition) is 1. The van der Waals surface area contributed by atoms with Crippen molar-refractivity contribution >= 4 is 11.8 Å². The summed E-state index contributed by atoms with van der Waals surface area (Å²) in [6.45, 7) is 5.48. The number of likely N-dealkylation sites (tertiary alicyclic amines) is 1. The molecule has 0 radical (unpaired) electrons. The minimum absolute atomic E-state index is 0.00115. The molecule has 18 heavy (non-hydrogen) atoms. The maximum atomic E-state index is 12.3. The Morgan fingerprint density at radius 3 is 2.72 bits per heavy atom. The third-order valence-corrected chi connectivity index (χ3v) is 3.93. The highest BCUT2D eigenvalue weighted by Crippen LogP contribution is 2.17. The van der Waals surface area contributed by atoms with E-state index >= 15 is 0 Å². The van der Waals surface area contributed by atoms with Crippen LogP contribution in [-0.2, 0) is 9.59 Å². The van der Waals surface area contributed by atoms with Gasteiger partial charge in [-0.05, 0) is 32.4 Å². The predicted octanol–water partition coefficient (Wildman–Crippen LogP) is 0.0652. The lowest BCUT2D eigenvalue weighted by Gasteiger charge is -2.26. The van der Waals surface area contributed by atoms with Crippen molar-refractivity contribution in [2.45, 2.75) is 32.2 Å². The second-order valence-electron chi connectivity index (χ2n) is 5.48. The van der Waals surface area contributed by atoms with E-state index < -0.39 is 0 Å². The van der Waals surface area contributed by atoms with Gasteiger partial charge in [-0.25, -0.2) is 0 Å². The van der Waals surface area contributed by atoms with Gasteiger partial charge in [-0.2, -0.15) is 0 Å². The first-order valence-corrected chi connectivity index (χ1v) is 6.86. The van der Waals surface area contributed by atoms with Crippen LogP contribution in [0.3, 0.4) is 0 Å². The van der Waals surface area contributed by atoms with Crippen molar-refractivity contribution in [3.8, 4) is 0 Å². The van der Waals surface area contributed by atoms with Gasteiger partial charge in [0.05, 0.1) is 0 Å². The van der Waals surface area contributed by atoms with Crippen LogP contribution in [0, 0.1) is 5.92 Å². The average molecular weight is 253 g/mol. The molecule has 0 aliphatic carbocycles. The molecule has 0 aromatic carbocycles. The smallest absolute Gasteiger partial charge is 0.245 e. The molecule has 0 saturated carbocycles. The van der Waals surface area contributed by atoms with E-state index in [1.165, 1.54) is 0 Å². The predicted molar refractivity (Wildman–Crippen MR) is 69.0 cm³/mol. The monoisotopic (exact) mass is 253 g/mol. The molecule has 2 fully saturated rings. The van der Waals surface area contributed by atoms with Crippen LogP contribution in [0.15, 0.2) is 0 Å². The zero-order valence-corrected chi connectivity index (χ0v) is 11.3. The first-order chi connectivity index (χ1) is 8.60. The summed E-state index contributed by atoms with van der Waals surface area (Å²) in [4.78, 5) is 28.0. The van der Waals surface area contributed by atoms with Gasteiger partial charge < -0.3 is 15.1 Å². The van der Waals surface area contributed by atoms with Crippen molar-refractivity contribution in [2.24, 2.45) is 5.92 Å². The summed E-state index contributed by atoms with van der Waals surface area (Å²) in [5.41, 5.74) is 0. The van der Waals surface area contributed by atoms with Gasteiger partial charge in [-0.15, -0.1) is 0 Å². The highest BCUT2D eigenvalue weighted by Gasteiger charge is 2.31. The fraction of sp³-hybridized carbons (Fsp3) is 0.846. The largest absolute Gasteiger partial charge is 0.344 e. The SMILES string of the molecule is CCC1NC(=O)CCN(CC2CCN(C)C2)C1=O. The van der Waals surface area contributed by atoms with Gasteiger partial charge in [0, 0.05) is 26.1 Å². The lowest BCUT2D eigenvalue weighted by atomic mass is 10.1. The molecule has 2 atom stereocenters. The molecule has 1 N–H and O–H groups in total. The van der Waals surface area contributed by atoms with Gasteiger partial charge in [-0.3, -0.25) is 9.59 Å². The molecule has 2 rings (SSSR count). The number of hydrogen-bond acceptors (Lipinski definition) is 3. The lowest BCUT2D eigenvalue weighted by molar-refractivity contribution is -0.134. The third kappa shape index (κ3) is 3.02. The van der Waals surface area contributed by atoms with Crippen LogP contribution in [0.25, 0.3) is 0 Å². The molecule has 5 nitrogen and oxygen atoms in total. The number of nitrogens with one attached hydrogen (secondary N) is 1. The molecule has 102 valence electrons. The summed E-state index contributed by atoms with van der Waals surface area (Å²) < 4.78 is 0. The van der Waals surface area contributed by atoms with Crippen molar-refractivity contribution in [2.75, 3.05) is 33.2 Å². The summed E-state index contributed by atoms with van der Waals surface area (Å²) in [5.74, 6) is 0.656. The van der Waals surface area contributed by atoms with Crippen molar-refractivity contribution in [1.82, 2.24) is 15.1 Å². The molecule has 2 aliphatic heterocycles. The molecular formula is C13H23N3O2. The Morgan fingerprint density at radius 2 is 2.11 bits per heavy atom. The van der Waals surface area contributed by atoms with Crippen LogP contribution in [0.1, 0.15) is 26.2 Å². The summed E-state index contributed by atoms with van der Waals surface area (Å²) in [6, 6.07) is -0.320. The second-order valence-corrected chi connectivity index (χ2v) is 5.48. The summed E-state index contributed by atoms with van der Waals surface area (Å²) in [6.07, 6.45) is 2.26. The topological polar surface area (TPSA) is 52.7 Å². The summed E-state index contributed by atoms with van der Waals surface area (Å²) >= 11 is 0. The Bertz CT molecular complexity index is 332. The van der Waals surface area contributed by atoms with E-state index in [1.807, 2.05) is 11.8 Å². The van der Waals surface area contributed by atoms with Crippen LogP contribution >= 0.6 is 0 Å². The zero-order chi connectivity index (χ0) is 13.1. The first-order valence-electron chi connectivity index (χ1n) is 6.86. The van der Waals surface area contributed by atoms with E-state index in [2.05, 4.69) is 17.3 Å². The highest BCUT2D eigenvalue weighted by atomic mass is 16.2. The molecule has 0 bridgehead atoms. The van der Waals surface area contributed by atoms with Crippen LogP contribution in [-0.4, -0.2) is 60.9 Å². The minimum Gasteiger partial charge on any atom is -0.344 e. The van der Waals surface area contributed by atoms with E-state index in [0.717, 1.165) is 26.1 Å². The normalized spacial score (nSPS) is 30.4. The van der Waals surface area contributed by atoms with Gasteiger partial charge >= 0.3 is 0 Å². The first kappa shape index (κ1) is 13.3. The van der Waals surface area contributed by atoms with Gasteiger partial charge in [0.2, 0.25) is 11.8 Å². The van der Waals surface area contributed by atoms with E-state index in [4.69, 9.17) is 0 Å². The fourth-order valence-corrected chi connectivity index (χ4v) is 2.84. The maximum absolute atomic E-state index is 12.3. The Kier molecular flexibility index (Phi) is 4.22. The third-order valence-electron chi connectivity index (χ3n) is 3.93. The molecule has 2 amide bonds. The summed E-state index contributed by atoms with van der Waals surface area (Å²) in [5, 5.41) is 2.80. The van der Waals surface area contributed by atoms with Crippen LogP contribution in [0.2, 0.25) is 0 Å².